The van der Waals surface area contributed by atoms with E-state index >= 15 is 0 Å². The number of para-hydroxylation sites is 2. The summed E-state index contributed by atoms with van der Waals surface area (Å²) in [6, 6.07) is 65.7. The lowest BCUT2D eigenvalue weighted by Gasteiger charge is -2.23. The Morgan fingerprint density at radius 2 is 1.08 bits per heavy atom. The smallest absolute Gasteiger partial charge is 0.160 e. The van der Waals surface area contributed by atoms with Crippen molar-refractivity contribution in [1.29, 1.82) is 0 Å². The van der Waals surface area contributed by atoms with Crippen LogP contribution >= 0.6 is 0 Å². The molecule has 0 amide bonds. The van der Waals surface area contributed by atoms with Crippen LogP contribution in [0.5, 0.6) is 0 Å². The van der Waals surface area contributed by atoms with Gasteiger partial charge < -0.3 is 4.42 Å². The summed E-state index contributed by atoms with van der Waals surface area (Å²) in [4.78, 5) is 10.5. The number of furan rings is 1. The highest BCUT2D eigenvalue weighted by molar-refractivity contribution is 6.09. The quantitative estimate of drug-likeness (QED) is 0.161. The van der Waals surface area contributed by atoms with Gasteiger partial charge in [-0.2, -0.15) is 5.10 Å². The van der Waals surface area contributed by atoms with Crippen molar-refractivity contribution in [2.75, 3.05) is 0 Å². The summed E-state index contributed by atoms with van der Waals surface area (Å²) < 4.78 is 8.65. The predicted octanol–water partition coefficient (Wildman–Crippen LogP) is 14.7. The van der Waals surface area contributed by atoms with Gasteiger partial charge in [-0.15, -0.1) is 0 Å². The molecule has 1 aliphatic carbocycles. The topological polar surface area (TPSA) is 56.2 Å². The number of nitrogens with zero attached hydrogens (tertiary/aromatic N) is 4. The van der Waals surface area contributed by atoms with Crippen LogP contribution in [-0.2, 0) is 6.42 Å². The molecule has 5 nitrogen and oxygen atoms in total. The van der Waals surface area contributed by atoms with E-state index in [4.69, 9.17) is 19.5 Å². The normalized spacial score (nSPS) is 12.3. The highest BCUT2D eigenvalue weighted by Crippen LogP contribution is 2.45. The van der Waals surface area contributed by atoms with Gasteiger partial charge in [0.05, 0.1) is 28.8 Å². The maximum Gasteiger partial charge on any atom is 0.160 e. The number of rotatable bonds is 7. The molecule has 0 radical (unpaired) electrons. The van der Waals surface area contributed by atoms with Gasteiger partial charge in [0.2, 0.25) is 0 Å². The van der Waals surface area contributed by atoms with E-state index in [9.17, 15) is 0 Å². The lowest BCUT2D eigenvalue weighted by Crippen LogP contribution is -2.07. The summed E-state index contributed by atoms with van der Waals surface area (Å²) in [5.74, 6) is 0.671. The monoisotopic (exact) mass is 794 g/mol. The second-order valence-corrected chi connectivity index (χ2v) is 15.9. The Bertz CT molecular complexity index is 3510. The molecule has 1 aliphatic rings. The third kappa shape index (κ3) is 6.05. The number of hydrogen-bond acceptors (Lipinski definition) is 4. The Kier molecular flexibility index (Phi) is 8.56. The van der Waals surface area contributed by atoms with E-state index in [1.807, 2.05) is 36.5 Å². The van der Waals surface area contributed by atoms with Crippen molar-refractivity contribution in [2.45, 2.75) is 12.8 Å². The fraction of sp³-hybridized carbons (Fsp3) is 0.0351. The SMILES string of the molecule is C1=Cc2c(-c3cccc(-c4cc(-c5cccc(-c6cccc7c6oc6ccccc67)c5)nc(-c5ccccc5)n4)c3)c(-c3ccccc3)n3ncc(-c4ccccc4)c3c2CC1. The third-order valence-electron chi connectivity index (χ3n) is 12.2. The maximum atomic E-state index is 6.47. The van der Waals surface area contributed by atoms with Gasteiger partial charge in [0.1, 0.15) is 11.2 Å². The number of aromatic nitrogens is 4. The first-order valence-corrected chi connectivity index (χ1v) is 21.2. The van der Waals surface area contributed by atoms with Crippen LogP contribution in [0.15, 0.2) is 205 Å². The van der Waals surface area contributed by atoms with Crippen LogP contribution in [0.4, 0.5) is 0 Å². The largest absolute Gasteiger partial charge is 0.455 e. The average Bonchev–Trinajstić information content (AvgIpc) is 3.97. The van der Waals surface area contributed by atoms with Crippen molar-refractivity contribution in [1.82, 2.24) is 19.6 Å². The molecule has 0 spiro atoms. The van der Waals surface area contributed by atoms with E-state index in [1.54, 1.807) is 0 Å². The van der Waals surface area contributed by atoms with E-state index in [0.29, 0.717) is 5.82 Å². The van der Waals surface area contributed by atoms with Gasteiger partial charge in [-0.1, -0.05) is 176 Å². The van der Waals surface area contributed by atoms with E-state index in [2.05, 4.69) is 174 Å². The van der Waals surface area contributed by atoms with Gasteiger partial charge in [-0.3, -0.25) is 0 Å². The van der Waals surface area contributed by atoms with Gasteiger partial charge >= 0.3 is 0 Å². The minimum absolute atomic E-state index is 0.671. The van der Waals surface area contributed by atoms with Crippen molar-refractivity contribution >= 4 is 33.5 Å². The fourth-order valence-corrected chi connectivity index (χ4v) is 9.28. The molecule has 0 aliphatic heterocycles. The van der Waals surface area contributed by atoms with E-state index in [-0.39, 0.29) is 0 Å². The number of hydrogen-bond donors (Lipinski definition) is 0. The Hall–Kier alpha value is -8.15. The second kappa shape index (κ2) is 14.8. The molecule has 0 N–H and O–H groups in total. The summed E-state index contributed by atoms with van der Waals surface area (Å²) in [6.07, 6.45) is 8.58. The highest BCUT2D eigenvalue weighted by atomic mass is 16.3. The molecule has 0 unspecified atom stereocenters. The number of fused-ring (bicyclic) bond motifs is 6. The molecular formula is C57H38N4O. The van der Waals surface area contributed by atoms with Crippen molar-refractivity contribution in [3.05, 3.63) is 211 Å². The molecule has 11 aromatic rings. The van der Waals surface area contributed by atoms with Crippen molar-refractivity contribution in [3.8, 4) is 78.5 Å². The average molecular weight is 795 g/mol. The van der Waals surface area contributed by atoms with Crippen LogP contribution in [0.1, 0.15) is 17.5 Å². The molecule has 0 saturated carbocycles. The van der Waals surface area contributed by atoms with Gasteiger partial charge in [0.25, 0.3) is 0 Å². The first kappa shape index (κ1) is 35.8. The molecular weight excluding hydrogens is 757 g/mol. The lowest BCUT2D eigenvalue weighted by molar-refractivity contribution is 0.670. The molecule has 0 fully saturated rings. The summed E-state index contributed by atoms with van der Waals surface area (Å²) in [5, 5.41) is 7.38. The molecule has 0 bridgehead atoms. The zero-order chi connectivity index (χ0) is 41.0. The third-order valence-corrected chi connectivity index (χ3v) is 12.2. The molecule has 0 saturated heterocycles. The minimum Gasteiger partial charge on any atom is -0.455 e. The van der Waals surface area contributed by atoms with Crippen LogP contribution < -0.4 is 0 Å². The van der Waals surface area contributed by atoms with Gasteiger partial charge in [0.15, 0.2) is 5.82 Å². The molecule has 62 heavy (non-hydrogen) atoms. The molecule has 0 atom stereocenters. The summed E-state index contributed by atoms with van der Waals surface area (Å²) in [6.45, 7) is 0. The summed E-state index contributed by atoms with van der Waals surface area (Å²) >= 11 is 0. The lowest BCUT2D eigenvalue weighted by atomic mass is 9.85. The molecule has 5 heteroatoms. The van der Waals surface area contributed by atoms with Crippen LogP contribution in [0.25, 0.3) is 112 Å². The standard InChI is InChI=1S/C57H38N4O/c1-4-17-37(18-5-1)49-36-58-61-54(38-19-6-2-7-20-38)53(46-28-10-11-29-47(46)55(49)61)43-26-15-25-42(34-43)51-35-50(59-57(60-51)39-21-8-3-9-22-39)41-24-14-23-40(33-41)44-30-16-31-48-45-27-12-13-32-52(45)62-56(44)48/h1-10,12-28,30-36H,11,29H2. The zero-order valence-electron chi connectivity index (χ0n) is 33.7. The summed E-state index contributed by atoms with van der Waals surface area (Å²) in [5.41, 5.74) is 19.0. The molecule has 12 rings (SSSR count). The number of allylic oxidation sites excluding steroid dienone is 1. The first-order valence-electron chi connectivity index (χ1n) is 21.2. The molecule has 7 aromatic carbocycles. The Labute approximate surface area is 358 Å². The van der Waals surface area contributed by atoms with Crippen LogP contribution in [0, 0.1) is 0 Å². The van der Waals surface area contributed by atoms with Gasteiger partial charge in [-0.25, -0.2) is 14.5 Å². The summed E-state index contributed by atoms with van der Waals surface area (Å²) in [7, 11) is 0. The Morgan fingerprint density at radius 3 is 1.84 bits per heavy atom. The minimum atomic E-state index is 0.671. The zero-order valence-corrected chi connectivity index (χ0v) is 33.7. The predicted molar refractivity (Wildman–Crippen MR) is 253 cm³/mol. The fourth-order valence-electron chi connectivity index (χ4n) is 9.28. The van der Waals surface area contributed by atoms with Crippen LogP contribution in [0.2, 0.25) is 0 Å². The van der Waals surface area contributed by atoms with E-state index < -0.39 is 0 Å². The van der Waals surface area contributed by atoms with Crippen LogP contribution in [0.3, 0.4) is 0 Å². The Morgan fingerprint density at radius 1 is 0.484 bits per heavy atom. The second-order valence-electron chi connectivity index (χ2n) is 15.9. The van der Waals surface area contributed by atoms with Crippen molar-refractivity contribution in [2.24, 2.45) is 0 Å². The van der Waals surface area contributed by atoms with Gasteiger partial charge in [-0.05, 0) is 64.9 Å². The first-order chi connectivity index (χ1) is 30.7. The molecule has 4 heterocycles. The number of pyridine rings is 1. The highest BCUT2D eigenvalue weighted by Gasteiger charge is 2.26. The molecule has 292 valence electrons. The van der Waals surface area contributed by atoms with E-state index in [1.165, 1.54) is 22.2 Å². The van der Waals surface area contributed by atoms with Gasteiger partial charge in [0, 0.05) is 49.7 Å². The van der Waals surface area contributed by atoms with Crippen molar-refractivity contribution in [3.63, 3.8) is 0 Å². The maximum absolute atomic E-state index is 6.47. The number of benzene rings is 7. The molecule has 4 aromatic heterocycles. The van der Waals surface area contributed by atoms with E-state index in [0.717, 1.165) is 102 Å². The number of aryl methyl sites for hydroxylation is 1. The van der Waals surface area contributed by atoms with Crippen molar-refractivity contribution < 1.29 is 4.42 Å². The van der Waals surface area contributed by atoms with Crippen LogP contribution in [-0.4, -0.2) is 19.6 Å². The Balaban J connectivity index is 1.04.